The van der Waals surface area contributed by atoms with Crippen LogP contribution in [0.2, 0.25) is 0 Å². The van der Waals surface area contributed by atoms with Gasteiger partial charge in [-0.2, -0.15) is 0 Å². The summed E-state index contributed by atoms with van der Waals surface area (Å²) in [4.78, 5) is 0. The molecule has 0 aliphatic rings. The zero-order valence-corrected chi connectivity index (χ0v) is 7.03. The Labute approximate surface area is 73.6 Å². The molecule has 0 saturated carbocycles. The van der Waals surface area contributed by atoms with Crippen LogP contribution in [-0.2, 0) is 0 Å². The van der Waals surface area contributed by atoms with E-state index in [9.17, 15) is 0 Å². The van der Waals surface area contributed by atoms with Gasteiger partial charge in [0, 0.05) is 5.92 Å². The molecule has 0 aliphatic carbocycles. The zero-order chi connectivity index (χ0) is 8.81. The fourth-order valence-electron chi connectivity index (χ4n) is 1.20. The Hall–Kier alpha value is -1.26. The molecule has 0 spiro atoms. The van der Waals surface area contributed by atoms with Crippen molar-refractivity contribution in [2.45, 2.75) is 12.3 Å². The van der Waals surface area contributed by atoms with Crippen LogP contribution in [0.25, 0.3) is 0 Å². The molecule has 2 N–H and O–H groups in total. The van der Waals surface area contributed by atoms with Gasteiger partial charge < -0.3 is 5.73 Å². The zero-order valence-electron chi connectivity index (χ0n) is 7.03. The van der Waals surface area contributed by atoms with E-state index >= 15 is 0 Å². The molecule has 0 fully saturated rings. The van der Waals surface area contributed by atoms with Crippen molar-refractivity contribution in [1.29, 1.82) is 0 Å². The van der Waals surface area contributed by atoms with Crippen molar-refractivity contribution in [3.63, 3.8) is 0 Å². The van der Waals surface area contributed by atoms with Crippen LogP contribution in [0.3, 0.4) is 0 Å². The molecule has 12 heavy (non-hydrogen) atoms. The second-order valence-electron chi connectivity index (χ2n) is 2.71. The van der Waals surface area contributed by atoms with Crippen LogP contribution >= 0.6 is 0 Å². The maximum atomic E-state index is 5.45. The van der Waals surface area contributed by atoms with Crippen molar-refractivity contribution < 1.29 is 0 Å². The molecule has 1 atom stereocenters. The van der Waals surface area contributed by atoms with E-state index in [2.05, 4.69) is 5.92 Å². The van der Waals surface area contributed by atoms with Gasteiger partial charge in [0.1, 0.15) is 0 Å². The second kappa shape index (κ2) is 4.58. The highest BCUT2D eigenvalue weighted by atomic mass is 14.5. The standard InChI is InChI=1S/C11H13N/c1-2-10(8-9-12)11-6-4-3-5-7-11/h1,3-7,10H,8-9,12H2. The molecule has 1 nitrogen and oxygen atoms in total. The molecule has 1 rings (SSSR count). The molecule has 0 radical (unpaired) electrons. The van der Waals surface area contributed by atoms with Gasteiger partial charge in [-0.05, 0) is 18.5 Å². The summed E-state index contributed by atoms with van der Waals surface area (Å²) in [5.41, 5.74) is 6.63. The number of hydrogen-bond acceptors (Lipinski definition) is 1. The van der Waals surface area contributed by atoms with E-state index in [-0.39, 0.29) is 5.92 Å². The Morgan fingerprint density at radius 2 is 2.00 bits per heavy atom. The van der Waals surface area contributed by atoms with E-state index in [1.807, 2.05) is 30.3 Å². The number of hydrogen-bond donors (Lipinski definition) is 1. The predicted octanol–water partition coefficient (Wildman–Crippen LogP) is 1.75. The molecule has 0 bridgehead atoms. The molecule has 1 heteroatoms. The lowest BCUT2D eigenvalue weighted by molar-refractivity contribution is 0.766. The number of nitrogens with two attached hydrogens (primary N) is 1. The molecule has 0 amide bonds. The average Bonchev–Trinajstić information content (AvgIpc) is 2.15. The number of terminal acetylenes is 1. The molecule has 1 unspecified atom stereocenters. The minimum atomic E-state index is 0.177. The Bertz CT molecular complexity index is 258. The fourth-order valence-corrected chi connectivity index (χ4v) is 1.20. The van der Waals surface area contributed by atoms with Gasteiger partial charge in [0.15, 0.2) is 0 Å². The van der Waals surface area contributed by atoms with Gasteiger partial charge in [0.05, 0.1) is 0 Å². The first-order valence-corrected chi connectivity index (χ1v) is 4.09. The second-order valence-corrected chi connectivity index (χ2v) is 2.71. The van der Waals surface area contributed by atoms with E-state index < -0.39 is 0 Å². The monoisotopic (exact) mass is 159 g/mol. The third kappa shape index (κ3) is 2.11. The topological polar surface area (TPSA) is 26.0 Å². The van der Waals surface area contributed by atoms with E-state index in [0.29, 0.717) is 6.54 Å². The van der Waals surface area contributed by atoms with Gasteiger partial charge in [-0.3, -0.25) is 0 Å². The Balaban J connectivity index is 2.75. The first-order chi connectivity index (χ1) is 5.88. The summed E-state index contributed by atoms with van der Waals surface area (Å²) < 4.78 is 0. The fraction of sp³-hybridized carbons (Fsp3) is 0.273. The van der Waals surface area contributed by atoms with Gasteiger partial charge in [0.2, 0.25) is 0 Å². The van der Waals surface area contributed by atoms with Gasteiger partial charge in [-0.15, -0.1) is 6.42 Å². The summed E-state index contributed by atoms with van der Waals surface area (Å²) in [5, 5.41) is 0. The van der Waals surface area contributed by atoms with Gasteiger partial charge >= 0.3 is 0 Å². The number of rotatable bonds is 3. The summed E-state index contributed by atoms with van der Waals surface area (Å²) in [6.45, 7) is 0.643. The third-order valence-electron chi connectivity index (χ3n) is 1.86. The lowest BCUT2D eigenvalue weighted by Gasteiger charge is -2.08. The minimum absolute atomic E-state index is 0.177. The van der Waals surface area contributed by atoms with Crippen molar-refractivity contribution in [3.8, 4) is 12.3 Å². The summed E-state index contributed by atoms with van der Waals surface area (Å²) >= 11 is 0. The van der Waals surface area contributed by atoms with Crippen LogP contribution in [0.15, 0.2) is 30.3 Å². The van der Waals surface area contributed by atoms with Crippen LogP contribution in [-0.4, -0.2) is 6.54 Å². The highest BCUT2D eigenvalue weighted by Crippen LogP contribution is 2.16. The van der Waals surface area contributed by atoms with Crippen LogP contribution in [0.1, 0.15) is 17.9 Å². The minimum Gasteiger partial charge on any atom is -0.330 e. The van der Waals surface area contributed by atoms with Crippen molar-refractivity contribution in [2.24, 2.45) is 5.73 Å². The molecule has 0 saturated heterocycles. The van der Waals surface area contributed by atoms with Crippen molar-refractivity contribution in [1.82, 2.24) is 0 Å². The summed E-state index contributed by atoms with van der Waals surface area (Å²) in [5.74, 6) is 2.92. The summed E-state index contributed by atoms with van der Waals surface area (Å²) in [7, 11) is 0. The van der Waals surface area contributed by atoms with Crippen LogP contribution in [0.4, 0.5) is 0 Å². The van der Waals surface area contributed by atoms with Gasteiger partial charge in [0.25, 0.3) is 0 Å². The van der Waals surface area contributed by atoms with Crippen molar-refractivity contribution in [3.05, 3.63) is 35.9 Å². The molecule has 62 valence electrons. The Kier molecular flexibility index (Phi) is 3.37. The molecule has 0 aromatic heterocycles. The maximum Gasteiger partial charge on any atom is 0.0461 e. The first kappa shape index (κ1) is 8.83. The van der Waals surface area contributed by atoms with E-state index in [1.165, 1.54) is 5.56 Å². The molecule has 0 heterocycles. The maximum absolute atomic E-state index is 5.45. The highest BCUT2D eigenvalue weighted by molar-refractivity contribution is 5.26. The Morgan fingerprint density at radius 3 is 2.50 bits per heavy atom. The van der Waals surface area contributed by atoms with Crippen LogP contribution in [0, 0.1) is 12.3 Å². The average molecular weight is 159 g/mol. The van der Waals surface area contributed by atoms with Gasteiger partial charge in [-0.25, -0.2) is 0 Å². The highest BCUT2D eigenvalue weighted by Gasteiger charge is 2.04. The number of benzene rings is 1. The quantitative estimate of drug-likeness (QED) is 0.668. The predicted molar refractivity (Wildman–Crippen MR) is 51.7 cm³/mol. The molecular weight excluding hydrogens is 146 g/mol. The van der Waals surface area contributed by atoms with E-state index in [1.54, 1.807) is 0 Å². The largest absolute Gasteiger partial charge is 0.330 e. The smallest absolute Gasteiger partial charge is 0.0461 e. The lowest BCUT2D eigenvalue weighted by atomic mass is 9.97. The molecule has 0 aliphatic heterocycles. The SMILES string of the molecule is C#CC(CCN)c1ccccc1. The van der Waals surface area contributed by atoms with Crippen LogP contribution in [0.5, 0.6) is 0 Å². The summed E-state index contributed by atoms with van der Waals surface area (Å²) in [6, 6.07) is 10.1. The van der Waals surface area contributed by atoms with Crippen LogP contribution < -0.4 is 5.73 Å². The normalized spacial score (nSPS) is 12.0. The first-order valence-electron chi connectivity index (χ1n) is 4.09. The van der Waals surface area contributed by atoms with Gasteiger partial charge in [-0.1, -0.05) is 36.3 Å². The lowest BCUT2D eigenvalue weighted by Crippen LogP contribution is -2.05. The molecule has 1 aromatic rings. The van der Waals surface area contributed by atoms with Crippen molar-refractivity contribution in [2.75, 3.05) is 6.54 Å². The molecular formula is C11H13N. The van der Waals surface area contributed by atoms with E-state index in [0.717, 1.165) is 6.42 Å². The Morgan fingerprint density at radius 1 is 1.33 bits per heavy atom. The van der Waals surface area contributed by atoms with Crippen molar-refractivity contribution >= 4 is 0 Å². The van der Waals surface area contributed by atoms with E-state index in [4.69, 9.17) is 12.2 Å². The summed E-state index contributed by atoms with van der Waals surface area (Å²) in [6.07, 6.45) is 6.25. The molecule has 1 aromatic carbocycles. The third-order valence-corrected chi connectivity index (χ3v) is 1.86.